The molecular formula is C20H16FN3O3. The van der Waals surface area contributed by atoms with Crippen molar-refractivity contribution in [3.05, 3.63) is 71.6 Å². The molecule has 6 nitrogen and oxygen atoms in total. The highest BCUT2D eigenvalue weighted by Crippen LogP contribution is 2.31. The van der Waals surface area contributed by atoms with E-state index in [0.29, 0.717) is 11.4 Å². The van der Waals surface area contributed by atoms with Gasteiger partial charge in [0.25, 0.3) is 5.91 Å². The van der Waals surface area contributed by atoms with Crippen molar-refractivity contribution in [3.8, 4) is 11.1 Å². The predicted octanol–water partition coefficient (Wildman–Crippen LogP) is 3.34. The Morgan fingerprint density at radius 2 is 1.74 bits per heavy atom. The number of amides is 1. The molecule has 1 aromatic heterocycles. The first-order chi connectivity index (χ1) is 13.0. The third kappa shape index (κ3) is 3.36. The summed E-state index contributed by atoms with van der Waals surface area (Å²) in [5, 5.41) is 3.74. The zero-order chi connectivity index (χ0) is 19.0. The fourth-order valence-corrected chi connectivity index (χ4v) is 3.19. The molecule has 1 amide bonds. The molecule has 7 heteroatoms. The Kier molecular flexibility index (Phi) is 4.27. The zero-order valence-corrected chi connectivity index (χ0v) is 14.6. The van der Waals surface area contributed by atoms with Gasteiger partial charge in [-0.1, -0.05) is 29.4 Å². The van der Waals surface area contributed by atoms with Crippen molar-refractivity contribution in [2.45, 2.75) is 19.4 Å². The van der Waals surface area contributed by atoms with Crippen molar-refractivity contribution >= 4 is 11.7 Å². The van der Waals surface area contributed by atoms with E-state index in [-0.39, 0.29) is 36.4 Å². The molecule has 0 radical (unpaired) electrons. The third-order valence-electron chi connectivity index (χ3n) is 4.54. The molecule has 1 atom stereocenters. The molecule has 0 aliphatic carbocycles. The van der Waals surface area contributed by atoms with Crippen LogP contribution in [0.1, 0.15) is 34.5 Å². The molecule has 0 bridgehead atoms. The van der Waals surface area contributed by atoms with E-state index in [0.717, 1.165) is 11.1 Å². The molecule has 3 aromatic rings. The first-order valence-corrected chi connectivity index (χ1v) is 8.50. The van der Waals surface area contributed by atoms with E-state index in [4.69, 9.17) is 4.52 Å². The maximum Gasteiger partial charge on any atom is 0.254 e. The number of likely N-dealkylation sites (tertiary alicyclic amines) is 1. The van der Waals surface area contributed by atoms with Crippen molar-refractivity contribution in [2.75, 3.05) is 6.54 Å². The number of rotatable bonds is 3. The molecule has 1 saturated heterocycles. The SMILES string of the molecule is Cc1noc([C@@H]2CC(=O)CN2C(=O)c2ccc(-c3ccc(F)cc3)cc2)n1. The third-order valence-corrected chi connectivity index (χ3v) is 4.54. The van der Waals surface area contributed by atoms with E-state index in [9.17, 15) is 14.0 Å². The Labute approximate surface area is 154 Å². The Balaban J connectivity index is 1.58. The van der Waals surface area contributed by atoms with Gasteiger partial charge >= 0.3 is 0 Å². The average molecular weight is 365 g/mol. The average Bonchev–Trinajstić information content (AvgIpc) is 3.27. The summed E-state index contributed by atoms with van der Waals surface area (Å²) in [4.78, 5) is 30.5. The van der Waals surface area contributed by atoms with Crippen LogP contribution in [0.3, 0.4) is 0 Å². The van der Waals surface area contributed by atoms with E-state index in [1.54, 1.807) is 43.3 Å². The Bertz CT molecular complexity index is 996. The van der Waals surface area contributed by atoms with Crippen molar-refractivity contribution in [1.82, 2.24) is 15.0 Å². The number of carbonyl (C=O) groups is 2. The second-order valence-corrected chi connectivity index (χ2v) is 6.46. The molecule has 0 unspecified atom stereocenters. The number of hydrogen-bond acceptors (Lipinski definition) is 5. The van der Waals surface area contributed by atoms with E-state index in [1.807, 2.05) is 0 Å². The second-order valence-electron chi connectivity index (χ2n) is 6.46. The van der Waals surface area contributed by atoms with E-state index in [2.05, 4.69) is 10.1 Å². The molecule has 2 heterocycles. The van der Waals surface area contributed by atoms with Gasteiger partial charge in [0.15, 0.2) is 11.6 Å². The van der Waals surface area contributed by atoms with Crippen LogP contribution in [0, 0.1) is 12.7 Å². The molecule has 27 heavy (non-hydrogen) atoms. The lowest BCUT2D eigenvalue weighted by atomic mass is 10.0. The van der Waals surface area contributed by atoms with Crippen LogP contribution in [-0.2, 0) is 4.79 Å². The standard InChI is InChI=1S/C20H16FN3O3/c1-12-22-19(27-23-12)18-10-17(25)11-24(18)20(26)15-4-2-13(3-5-15)14-6-8-16(21)9-7-14/h2-9,18H,10-11H2,1H3/t18-/m0/s1. The summed E-state index contributed by atoms with van der Waals surface area (Å²) in [6.07, 6.45) is 0.168. The van der Waals surface area contributed by atoms with Crippen molar-refractivity contribution in [3.63, 3.8) is 0 Å². The summed E-state index contributed by atoms with van der Waals surface area (Å²) in [6.45, 7) is 1.70. The van der Waals surface area contributed by atoms with Crippen LogP contribution in [0.25, 0.3) is 11.1 Å². The molecular weight excluding hydrogens is 349 g/mol. The van der Waals surface area contributed by atoms with Gasteiger partial charge in [-0.05, 0) is 42.3 Å². The highest BCUT2D eigenvalue weighted by Gasteiger charge is 2.38. The molecule has 1 aliphatic heterocycles. The quantitative estimate of drug-likeness (QED) is 0.711. The Morgan fingerprint density at radius 1 is 1.11 bits per heavy atom. The highest BCUT2D eigenvalue weighted by atomic mass is 19.1. The van der Waals surface area contributed by atoms with Crippen LogP contribution >= 0.6 is 0 Å². The second kappa shape index (κ2) is 6.75. The van der Waals surface area contributed by atoms with Crippen molar-refractivity contribution in [2.24, 2.45) is 0 Å². The van der Waals surface area contributed by atoms with Crippen LogP contribution in [0.4, 0.5) is 4.39 Å². The molecule has 0 saturated carbocycles. The molecule has 1 fully saturated rings. The Morgan fingerprint density at radius 3 is 2.33 bits per heavy atom. The maximum absolute atomic E-state index is 13.1. The van der Waals surface area contributed by atoms with E-state index < -0.39 is 6.04 Å². The van der Waals surface area contributed by atoms with Gasteiger partial charge in [0.2, 0.25) is 5.89 Å². The maximum atomic E-state index is 13.1. The van der Waals surface area contributed by atoms with Crippen molar-refractivity contribution < 1.29 is 18.5 Å². The fraction of sp³-hybridized carbons (Fsp3) is 0.200. The van der Waals surface area contributed by atoms with Gasteiger partial charge in [-0.3, -0.25) is 9.59 Å². The first kappa shape index (κ1) is 17.1. The lowest BCUT2D eigenvalue weighted by Crippen LogP contribution is -2.31. The monoisotopic (exact) mass is 365 g/mol. The summed E-state index contributed by atoms with van der Waals surface area (Å²) >= 11 is 0. The number of carbonyl (C=O) groups excluding carboxylic acids is 2. The molecule has 0 N–H and O–H groups in total. The number of halogens is 1. The van der Waals surface area contributed by atoms with Gasteiger partial charge in [-0.2, -0.15) is 4.98 Å². The molecule has 2 aromatic carbocycles. The molecule has 136 valence electrons. The number of aromatic nitrogens is 2. The minimum Gasteiger partial charge on any atom is -0.337 e. The molecule has 1 aliphatic rings. The van der Waals surface area contributed by atoms with Gasteiger partial charge < -0.3 is 9.42 Å². The van der Waals surface area contributed by atoms with E-state index >= 15 is 0 Å². The van der Waals surface area contributed by atoms with Crippen LogP contribution < -0.4 is 0 Å². The van der Waals surface area contributed by atoms with Crippen LogP contribution in [0.2, 0.25) is 0 Å². The first-order valence-electron chi connectivity index (χ1n) is 8.50. The summed E-state index contributed by atoms with van der Waals surface area (Å²) in [5.41, 5.74) is 2.18. The fourth-order valence-electron chi connectivity index (χ4n) is 3.19. The van der Waals surface area contributed by atoms with E-state index in [1.165, 1.54) is 17.0 Å². The number of ketones is 1. The lowest BCUT2D eigenvalue weighted by molar-refractivity contribution is -0.116. The summed E-state index contributed by atoms with van der Waals surface area (Å²) in [7, 11) is 0. The predicted molar refractivity (Wildman–Crippen MR) is 94.3 cm³/mol. The number of Topliss-reactive ketones (excluding diaryl/α,β-unsaturated/α-hetero) is 1. The van der Waals surface area contributed by atoms with Gasteiger partial charge in [0, 0.05) is 12.0 Å². The number of hydrogen-bond donors (Lipinski definition) is 0. The Hall–Kier alpha value is -3.35. The summed E-state index contributed by atoms with van der Waals surface area (Å²) in [6, 6.07) is 12.6. The minimum absolute atomic E-state index is 0.0185. The topological polar surface area (TPSA) is 76.3 Å². The van der Waals surface area contributed by atoms with Crippen LogP contribution in [0.15, 0.2) is 53.1 Å². The largest absolute Gasteiger partial charge is 0.337 e. The number of aryl methyl sites for hydroxylation is 1. The van der Waals surface area contributed by atoms with Crippen LogP contribution in [0.5, 0.6) is 0 Å². The smallest absolute Gasteiger partial charge is 0.254 e. The lowest BCUT2D eigenvalue weighted by Gasteiger charge is -2.21. The normalized spacial score (nSPS) is 16.7. The van der Waals surface area contributed by atoms with Gasteiger partial charge in [0.1, 0.15) is 11.9 Å². The van der Waals surface area contributed by atoms with Gasteiger partial charge in [-0.15, -0.1) is 0 Å². The van der Waals surface area contributed by atoms with Gasteiger partial charge in [0.05, 0.1) is 6.54 Å². The van der Waals surface area contributed by atoms with Gasteiger partial charge in [-0.25, -0.2) is 4.39 Å². The number of benzene rings is 2. The van der Waals surface area contributed by atoms with Crippen LogP contribution in [-0.4, -0.2) is 33.3 Å². The molecule has 4 rings (SSSR count). The summed E-state index contributed by atoms with van der Waals surface area (Å²) < 4.78 is 18.2. The minimum atomic E-state index is -0.539. The summed E-state index contributed by atoms with van der Waals surface area (Å²) in [5.74, 6) is 0.112. The zero-order valence-electron chi connectivity index (χ0n) is 14.6. The highest BCUT2D eigenvalue weighted by molar-refractivity contribution is 5.99. The van der Waals surface area contributed by atoms with Crippen molar-refractivity contribution in [1.29, 1.82) is 0 Å². The number of nitrogens with zero attached hydrogens (tertiary/aromatic N) is 3. The molecule has 0 spiro atoms.